The van der Waals surface area contributed by atoms with Crippen molar-refractivity contribution in [2.45, 2.75) is 26.5 Å². The van der Waals surface area contributed by atoms with Gasteiger partial charge in [-0.3, -0.25) is 9.48 Å². The summed E-state index contributed by atoms with van der Waals surface area (Å²) in [6.07, 6.45) is -0.179. The Morgan fingerprint density at radius 2 is 2.17 bits per heavy atom. The molecule has 1 aromatic carbocycles. The summed E-state index contributed by atoms with van der Waals surface area (Å²) in [6, 6.07) is 9.58. The van der Waals surface area contributed by atoms with Crippen molar-refractivity contribution < 1.29 is 9.53 Å². The normalized spacial score (nSPS) is 18.2. The van der Waals surface area contributed by atoms with Crippen molar-refractivity contribution >= 4 is 17.5 Å². The second kappa shape index (κ2) is 6.72. The highest BCUT2D eigenvalue weighted by Crippen LogP contribution is 2.28. The number of nitrogens with zero attached hydrogens (tertiary/aromatic N) is 3. The molecule has 0 radical (unpaired) electrons. The van der Waals surface area contributed by atoms with Gasteiger partial charge >= 0.3 is 0 Å². The Kier molecular flexibility index (Phi) is 4.68. The third-order valence-corrected chi connectivity index (χ3v) is 4.40. The summed E-state index contributed by atoms with van der Waals surface area (Å²) in [6.45, 7) is 5.77. The Hall–Kier alpha value is -1.85. The molecule has 2 aromatic rings. The average molecular weight is 334 g/mol. The zero-order chi connectivity index (χ0) is 16.4. The molecule has 1 aliphatic heterocycles. The number of carbonyl (C=O) groups excluding carboxylic acids is 1. The monoisotopic (exact) mass is 333 g/mol. The van der Waals surface area contributed by atoms with Crippen LogP contribution in [-0.2, 0) is 16.1 Å². The number of amides is 1. The summed E-state index contributed by atoms with van der Waals surface area (Å²) in [5.74, 6) is 0.0524. The zero-order valence-corrected chi connectivity index (χ0v) is 14.1. The predicted molar refractivity (Wildman–Crippen MR) is 88.4 cm³/mol. The van der Waals surface area contributed by atoms with Crippen LogP contribution in [-0.4, -0.2) is 40.3 Å². The lowest BCUT2D eigenvalue weighted by Gasteiger charge is -2.33. The largest absolute Gasteiger partial charge is 0.370 e. The summed E-state index contributed by atoms with van der Waals surface area (Å²) in [5, 5.41) is 5.02. The van der Waals surface area contributed by atoms with Gasteiger partial charge in [0.1, 0.15) is 12.6 Å². The van der Waals surface area contributed by atoms with E-state index < -0.39 is 0 Å². The molecular weight excluding hydrogens is 314 g/mol. The number of rotatable bonds is 3. The lowest BCUT2D eigenvalue weighted by atomic mass is 10.1. The van der Waals surface area contributed by atoms with Crippen LogP contribution in [0.15, 0.2) is 30.3 Å². The van der Waals surface area contributed by atoms with Crippen LogP contribution in [0.5, 0.6) is 0 Å². The maximum atomic E-state index is 12.6. The van der Waals surface area contributed by atoms with E-state index in [1.807, 2.05) is 49.1 Å². The van der Waals surface area contributed by atoms with E-state index in [2.05, 4.69) is 5.10 Å². The molecule has 0 bridgehead atoms. The number of ether oxygens (including phenoxy) is 1. The molecule has 1 amide bonds. The molecule has 23 heavy (non-hydrogen) atoms. The molecule has 5 nitrogen and oxygen atoms in total. The maximum absolute atomic E-state index is 12.6. The van der Waals surface area contributed by atoms with E-state index in [0.29, 0.717) is 24.7 Å². The quantitative estimate of drug-likeness (QED) is 0.867. The first-order valence-corrected chi connectivity index (χ1v) is 8.07. The molecule has 0 N–H and O–H groups in total. The van der Waals surface area contributed by atoms with Crippen LogP contribution in [0.1, 0.15) is 23.1 Å². The van der Waals surface area contributed by atoms with Gasteiger partial charge in [-0.25, -0.2) is 0 Å². The lowest BCUT2D eigenvalue weighted by molar-refractivity contribution is -0.139. The zero-order valence-electron chi connectivity index (χ0n) is 13.3. The standard InChI is InChI=1S/C17H20ClN3O2/c1-12-9-13(2)21(19-12)11-17(22)20-7-8-23-16(10-20)14-5-3-4-6-15(14)18/h3-6,9,16H,7-8,10-11H2,1-2H3/t16-/m1/s1. The first-order chi connectivity index (χ1) is 11.0. The Morgan fingerprint density at radius 3 is 2.87 bits per heavy atom. The molecule has 0 unspecified atom stereocenters. The summed E-state index contributed by atoms with van der Waals surface area (Å²) >= 11 is 6.24. The van der Waals surface area contributed by atoms with Crippen molar-refractivity contribution in [2.75, 3.05) is 19.7 Å². The van der Waals surface area contributed by atoms with Crippen molar-refractivity contribution in [1.29, 1.82) is 0 Å². The van der Waals surface area contributed by atoms with Gasteiger partial charge in [-0.05, 0) is 26.0 Å². The van der Waals surface area contributed by atoms with Gasteiger partial charge in [0.05, 0.1) is 18.8 Å². The fourth-order valence-corrected chi connectivity index (χ4v) is 3.12. The molecule has 1 saturated heterocycles. The van der Waals surface area contributed by atoms with Gasteiger partial charge in [0.15, 0.2) is 0 Å². The van der Waals surface area contributed by atoms with Gasteiger partial charge in [-0.15, -0.1) is 0 Å². The van der Waals surface area contributed by atoms with Gasteiger partial charge in [-0.1, -0.05) is 29.8 Å². The Balaban J connectivity index is 1.70. The molecule has 2 heterocycles. The number of halogens is 1. The molecule has 1 aliphatic rings. The van der Waals surface area contributed by atoms with Gasteiger partial charge in [0, 0.05) is 22.8 Å². The smallest absolute Gasteiger partial charge is 0.244 e. The van der Waals surface area contributed by atoms with Crippen LogP contribution in [0.3, 0.4) is 0 Å². The van der Waals surface area contributed by atoms with Crippen LogP contribution in [0.25, 0.3) is 0 Å². The van der Waals surface area contributed by atoms with Gasteiger partial charge < -0.3 is 9.64 Å². The van der Waals surface area contributed by atoms with Crippen molar-refractivity contribution in [2.24, 2.45) is 0 Å². The van der Waals surface area contributed by atoms with Gasteiger partial charge in [0.25, 0.3) is 0 Å². The van der Waals surface area contributed by atoms with Crippen LogP contribution in [0.2, 0.25) is 5.02 Å². The summed E-state index contributed by atoms with van der Waals surface area (Å²) in [4.78, 5) is 14.4. The molecule has 6 heteroatoms. The van der Waals surface area contributed by atoms with E-state index in [4.69, 9.17) is 16.3 Å². The fraction of sp³-hybridized carbons (Fsp3) is 0.412. The summed E-state index contributed by atoms with van der Waals surface area (Å²) in [5.41, 5.74) is 2.84. The number of aryl methyl sites for hydroxylation is 2. The van der Waals surface area contributed by atoms with Crippen molar-refractivity contribution in [1.82, 2.24) is 14.7 Å². The lowest BCUT2D eigenvalue weighted by Crippen LogP contribution is -2.43. The SMILES string of the molecule is Cc1cc(C)n(CC(=O)N2CCO[C@@H](c3ccccc3Cl)C2)n1. The number of aromatic nitrogens is 2. The van der Waals surface area contributed by atoms with E-state index in [-0.39, 0.29) is 18.6 Å². The Morgan fingerprint density at radius 1 is 1.39 bits per heavy atom. The van der Waals surface area contributed by atoms with E-state index in [1.54, 1.807) is 4.68 Å². The second-order valence-electron chi connectivity index (χ2n) is 5.81. The molecule has 0 spiro atoms. The van der Waals surface area contributed by atoms with Crippen molar-refractivity contribution in [3.63, 3.8) is 0 Å². The molecule has 0 saturated carbocycles. The third-order valence-electron chi connectivity index (χ3n) is 4.06. The predicted octanol–water partition coefficient (Wildman–Crippen LogP) is 2.75. The number of hydrogen-bond donors (Lipinski definition) is 0. The van der Waals surface area contributed by atoms with Crippen molar-refractivity contribution in [3.05, 3.63) is 52.3 Å². The maximum Gasteiger partial charge on any atom is 0.244 e. The highest BCUT2D eigenvalue weighted by Gasteiger charge is 2.27. The van der Waals surface area contributed by atoms with E-state index >= 15 is 0 Å². The van der Waals surface area contributed by atoms with Gasteiger partial charge in [-0.2, -0.15) is 5.10 Å². The minimum Gasteiger partial charge on any atom is -0.370 e. The molecule has 1 aromatic heterocycles. The van der Waals surface area contributed by atoms with E-state index in [0.717, 1.165) is 17.0 Å². The first-order valence-electron chi connectivity index (χ1n) is 7.69. The van der Waals surface area contributed by atoms with E-state index in [1.165, 1.54) is 0 Å². The summed E-state index contributed by atoms with van der Waals surface area (Å²) < 4.78 is 7.55. The van der Waals surface area contributed by atoms with Gasteiger partial charge in [0.2, 0.25) is 5.91 Å². The Bertz CT molecular complexity index is 714. The summed E-state index contributed by atoms with van der Waals surface area (Å²) in [7, 11) is 0. The molecule has 0 aliphatic carbocycles. The highest BCUT2D eigenvalue weighted by atomic mass is 35.5. The highest BCUT2D eigenvalue weighted by molar-refractivity contribution is 6.31. The van der Waals surface area contributed by atoms with Crippen LogP contribution in [0.4, 0.5) is 0 Å². The molecular formula is C17H20ClN3O2. The number of morpholine rings is 1. The first kappa shape index (κ1) is 16.0. The minimum absolute atomic E-state index is 0.0524. The minimum atomic E-state index is -0.179. The fourth-order valence-electron chi connectivity index (χ4n) is 2.86. The molecule has 122 valence electrons. The van der Waals surface area contributed by atoms with Crippen LogP contribution >= 0.6 is 11.6 Å². The number of benzene rings is 1. The molecule has 1 atom stereocenters. The molecule has 3 rings (SSSR count). The third kappa shape index (κ3) is 3.57. The van der Waals surface area contributed by atoms with Crippen LogP contribution < -0.4 is 0 Å². The molecule has 1 fully saturated rings. The van der Waals surface area contributed by atoms with Crippen LogP contribution in [0, 0.1) is 13.8 Å². The second-order valence-corrected chi connectivity index (χ2v) is 6.21. The van der Waals surface area contributed by atoms with E-state index in [9.17, 15) is 4.79 Å². The van der Waals surface area contributed by atoms with Crippen molar-refractivity contribution in [3.8, 4) is 0 Å². The average Bonchev–Trinajstić information content (AvgIpc) is 2.85. The Labute approximate surface area is 140 Å². The number of carbonyl (C=O) groups is 1. The number of hydrogen-bond acceptors (Lipinski definition) is 3. The topological polar surface area (TPSA) is 47.4 Å².